The topological polar surface area (TPSA) is 64.3 Å². The monoisotopic (exact) mass is 290 g/mol. The Kier molecular flexibility index (Phi) is 4.91. The van der Waals surface area contributed by atoms with Crippen molar-refractivity contribution in [2.75, 3.05) is 24.7 Å². The van der Waals surface area contributed by atoms with E-state index in [4.69, 9.17) is 10.4 Å². The minimum Gasteiger partial charge on any atom is -0.480 e. The zero-order valence-electron chi connectivity index (χ0n) is 10.1. The molecule has 0 atom stereocenters. The van der Waals surface area contributed by atoms with Gasteiger partial charge in [0.25, 0.3) is 0 Å². The maximum Gasteiger partial charge on any atom is 0.417 e. The molecule has 0 heterocycles. The number of rotatable bonds is 5. The maximum atomic E-state index is 12.8. The number of nitriles is 1. The van der Waals surface area contributed by atoms with Crippen LogP contribution in [-0.2, 0) is 11.0 Å². The van der Waals surface area contributed by atoms with Gasteiger partial charge in [-0.05, 0) is 18.2 Å². The molecule has 1 aromatic rings. The Hall–Kier alpha value is -2.30. The van der Waals surface area contributed by atoms with Crippen LogP contribution in [0, 0.1) is 11.3 Å². The van der Waals surface area contributed by atoms with Crippen LogP contribution in [0.1, 0.15) is 11.1 Å². The first-order valence-corrected chi connectivity index (χ1v) is 5.43. The lowest BCUT2D eigenvalue weighted by molar-refractivity contribution is -0.137. The molecule has 1 N–H and O–H groups in total. The summed E-state index contributed by atoms with van der Waals surface area (Å²) in [5.74, 6) is -1.30. The summed E-state index contributed by atoms with van der Waals surface area (Å²) in [6.07, 6.45) is -4.74. The van der Waals surface area contributed by atoms with Crippen molar-refractivity contribution in [2.24, 2.45) is 0 Å². The van der Waals surface area contributed by atoms with E-state index in [9.17, 15) is 22.4 Å². The van der Waals surface area contributed by atoms with Crippen LogP contribution in [0.5, 0.6) is 0 Å². The van der Waals surface area contributed by atoms with Gasteiger partial charge >= 0.3 is 12.1 Å². The molecule has 0 bridgehead atoms. The lowest BCUT2D eigenvalue weighted by Crippen LogP contribution is -2.31. The molecule has 0 spiro atoms. The van der Waals surface area contributed by atoms with E-state index in [1.54, 1.807) is 0 Å². The van der Waals surface area contributed by atoms with E-state index in [2.05, 4.69) is 0 Å². The summed E-state index contributed by atoms with van der Waals surface area (Å²) < 4.78 is 50.7. The maximum absolute atomic E-state index is 12.8. The molecule has 8 heteroatoms. The zero-order chi connectivity index (χ0) is 15.3. The molecule has 0 saturated heterocycles. The standard InChI is InChI=1S/C12H10F4N2O2/c13-3-4-18(7-11(19)20)9-2-1-8(6-17)10(5-9)12(14,15)16/h1-2,5H,3-4,7H2,(H,19,20). The Morgan fingerprint density at radius 2 is 2.05 bits per heavy atom. The van der Waals surface area contributed by atoms with Crippen molar-refractivity contribution < 1.29 is 27.5 Å². The highest BCUT2D eigenvalue weighted by Crippen LogP contribution is 2.34. The first kappa shape index (κ1) is 15.8. The van der Waals surface area contributed by atoms with Gasteiger partial charge in [-0.3, -0.25) is 4.79 Å². The summed E-state index contributed by atoms with van der Waals surface area (Å²) in [6, 6.07) is 4.16. The normalized spacial score (nSPS) is 10.9. The summed E-state index contributed by atoms with van der Waals surface area (Å²) in [7, 11) is 0. The Morgan fingerprint density at radius 3 is 2.50 bits per heavy atom. The van der Waals surface area contributed by atoms with Gasteiger partial charge in [0.1, 0.15) is 13.2 Å². The third-order valence-electron chi connectivity index (χ3n) is 2.47. The van der Waals surface area contributed by atoms with Gasteiger partial charge in [0.15, 0.2) is 0 Å². The zero-order valence-corrected chi connectivity index (χ0v) is 10.1. The second-order valence-corrected chi connectivity index (χ2v) is 3.84. The molecule has 4 nitrogen and oxygen atoms in total. The van der Waals surface area contributed by atoms with Crippen LogP contribution in [0.25, 0.3) is 0 Å². The molecule has 0 saturated carbocycles. The predicted octanol–water partition coefficient (Wildman–Crippen LogP) is 2.44. The minimum absolute atomic E-state index is 0.101. The number of hydrogen-bond donors (Lipinski definition) is 1. The molecule has 0 fully saturated rings. The van der Waals surface area contributed by atoms with Crippen molar-refractivity contribution in [3.05, 3.63) is 29.3 Å². The molecule has 0 unspecified atom stereocenters. The molecule has 0 aliphatic heterocycles. The first-order valence-electron chi connectivity index (χ1n) is 5.43. The van der Waals surface area contributed by atoms with Crippen molar-refractivity contribution in [3.8, 4) is 6.07 Å². The van der Waals surface area contributed by atoms with Gasteiger partial charge in [-0.25, -0.2) is 4.39 Å². The largest absolute Gasteiger partial charge is 0.480 e. The Balaban J connectivity index is 3.24. The molecule has 108 valence electrons. The van der Waals surface area contributed by atoms with Crippen LogP contribution in [-0.4, -0.2) is 30.8 Å². The number of carboxylic acid groups (broad SMARTS) is 1. The SMILES string of the molecule is N#Cc1ccc(N(CCF)CC(=O)O)cc1C(F)(F)F. The number of carboxylic acids is 1. The highest BCUT2D eigenvalue weighted by Gasteiger charge is 2.34. The number of aliphatic carboxylic acids is 1. The van der Waals surface area contributed by atoms with E-state index >= 15 is 0 Å². The second-order valence-electron chi connectivity index (χ2n) is 3.84. The number of nitrogens with zero attached hydrogens (tertiary/aromatic N) is 2. The first-order chi connectivity index (χ1) is 9.29. The summed E-state index contributed by atoms with van der Waals surface area (Å²) in [5.41, 5.74) is -1.85. The molecular weight excluding hydrogens is 280 g/mol. The van der Waals surface area contributed by atoms with Gasteiger partial charge in [-0.2, -0.15) is 18.4 Å². The number of benzene rings is 1. The number of halogens is 4. The second kappa shape index (κ2) is 6.23. The van der Waals surface area contributed by atoms with Gasteiger partial charge in [-0.1, -0.05) is 0 Å². The summed E-state index contributed by atoms with van der Waals surface area (Å²) in [5, 5.41) is 17.3. The van der Waals surface area contributed by atoms with Crippen molar-refractivity contribution in [3.63, 3.8) is 0 Å². The Morgan fingerprint density at radius 1 is 1.40 bits per heavy atom. The van der Waals surface area contributed by atoms with Gasteiger partial charge in [0.05, 0.1) is 17.2 Å². The van der Waals surface area contributed by atoms with E-state index in [0.29, 0.717) is 6.07 Å². The lowest BCUT2D eigenvalue weighted by atomic mass is 10.1. The fraction of sp³-hybridized carbons (Fsp3) is 0.333. The van der Waals surface area contributed by atoms with Crippen molar-refractivity contribution >= 4 is 11.7 Å². The number of hydrogen-bond acceptors (Lipinski definition) is 3. The summed E-state index contributed by atoms with van der Waals surface area (Å²) in [4.78, 5) is 11.6. The van der Waals surface area contributed by atoms with Crippen LogP contribution < -0.4 is 4.90 Å². The van der Waals surface area contributed by atoms with Crippen LogP contribution in [0.3, 0.4) is 0 Å². The van der Waals surface area contributed by atoms with E-state index in [1.807, 2.05) is 0 Å². The van der Waals surface area contributed by atoms with Gasteiger partial charge in [0.2, 0.25) is 0 Å². The average Bonchev–Trinajstić information content (AvgIpc) is 2.36. The fourth-order valence-corrected chi connectivity index (χ4v) is 1.63. The summed E-state index contributed by atoms with van der Waals surface area (Å²) in [6.45, 7) is -1.89. The van der Waals surface area contributed by atoms with Crippen LogP contribution >= 0.6 is 0 Å². The predicted molar refractivity (Wildman–Crippen MR) is 62.0 cm³/mol. The molecule has 0 aliphatic rings. The van der Waals surface area contributed by atoms with Crippen molar-refractivity contribution in [2.45, 2.75) is 6.18 Å². The quantitative estimate of drug-likeness (QED) is 0.846. The molecule has 0 radical (unpaired) electrons. The third kappa shape index (κ3) is 3.85. The van der Waals surface area contributed by atoms with Crippen LogP contribution in [0.2, 0.25) is 0 Å². The highest BCUT2D eigenvalue weighted by atomic mass is 19.4. The van der Waals surface area contributed by atoms with Gasteiger partial charge < -0.3 is 10.0 Å². The van der Waals surface area contributed by atoms with Gasteiger partial charge in [0, 0.05) is 12.2 Å². The van der Waals surface area contributed by atoms with Crippen molar-refractivity contribution in [1.82, 2.24) is 0 Å². The van der Waals surface area contributed by atoms with E-state index in [-0.39, 0.29) is 12.2 Å². The molecule has 1 rings (SSSR count). The van der Waals surface area contributed by atoms with Gasteiger partial charge in [-0.15, -0.1) is 0 Å². The van der Waals surface area contributed by atoms with E-state index < -0.39 is 36.5 Å². The van der Waals surface area contributed by atoms with Crippen LogP contribution in [0.15, 0.2) is 18.2 Å². The molecule has 0 aromatic heterocycles. The average molecular weight is 290 g/mol. The molecule has 0 aliphatic carbocycles. The van der Waals surface area contributed by atoms with Crippen molar-refractivity contribution in [1.29, 1.82) is 5.26 Å². The Labute approximate surface area is 111 Å². The number of carbonyl (C=O) groups is 1. The van der Waals surface area contributed by atoms with E-state index in [1.165, 1.54) is 6.07 Å². The van der Waals surface area contributed by atoms with Crippen LogP contribution in [0.4, 0.5) is 23.2 Å². The molecule has 0 amide bonds. The summed E-state index contributed by atoms with van der Waals surface area (Å²) >= 11 is 0. The minimum atomic E-state index is -4.74. The molecule has 1 aromatic carbocycles. The smallest absolute Gasteiger partial charge is 0.417 e. The Bertz CT molecular complexity index is 537. The third-order valence-corrected chi connectivity index (χ3v) is 2.47. The molecular formula is C12H10F4N2O2. The molecule has 20 heavy (non-hydrogen) atoms. The number of alkyl halides is 4. The highest BCUT2D eigenvalue weighted by molar-refractivity contribution is 5.74. The fourth-order valence-electron chi connectivity index (χ4n) is 1.63. The number of anilines is 1. The van der Waals surface area contributed by atoms with E-state index in [0.717, 1.165) is 17.0 Å². The lowest BCUT2D eigenvalue weighted by Gasteiger charge is -2.22.